The molecule has 1 unspecified atom stereocenters. The van der Waals surface area contributed by atoms with Crippen molar-refractivity contribution in [1.29, 1.82) is 0 Å². The number of rotatable bonds is 3. The van der Waals surface area contributed by atoms with Crippen LogP contribution < -0.4 is 5.73 Å². The third-order valence-corrected chi connectivity index (χ3v) is 3.83. The van der Waals surface area contributed by atoms with E-state index in [-0.39, 0.29) is 6.04 Å². The molecule has 0 spiro atoms. The van der Waals surface area contributed by atoms with Crippen LogP contribution in [0.15, 0.2) is 48.1 Å². The van der Waals surface area contributed by atoms with Gasteiger partial charge >= 0.3 is 0 Å². The minimum Gasteiger partial charge on any atom is -0.324 e. The molecule has 2 aromatic heterocycles. The molecule has 0 aliphatic carbocycles. The molecule has 0 saturated carbocycles. The van der Waals surface area contributed by atoms with Crippen molar-refractivity contribution in [2.75, 3.05) is 0 Å². The Hall–Kier alpha value is -1.78. The topological polar surface area (TPSA) is 51.8 Å². The van der Waals surface area contributed by atoms with Gasteiger partial charge in [-0.25, -0.2) is 0 Å². The monoisotopic (exact) mass is 255 g/mol. The molecule has 90 valence electrons. The molecule has 0 bridgehead atoms. The van der Waals surface area contributed by atoms with E-state index in [4.69, 9.17) is 5.73 Å². The van der Waals surface area contributed by atoms with E-state index in [1.807, 2.05) is 18.2 Å². The van der Waals surface area contributed by atoms with Gasteiger partial charge in [0.2, 0.25) is 0 Å². The zero-order valence-electron chi connectivity index (χ0n) is 9.78. The van der Waals surface area contributed by atoms with E-state index in [0.717, 1.165) is 23.0 Å². The molecule has 0 aliphatic heterocycles. The summed E-state index contributed by atoms with van der Waals surface area (Å²) in [5.74, 6) is 0. The summed E-state index contributed by atoms with van der Waals surface area (Å²) >= 11 is 1.74. The van der Waals surface area contributed by atoms with E-state index in [1.54, 1.807) is 23.7 Å². The van der Waals surface area contributed by atoms with Crippen molar-refractivity contribution in [3.05, 3.63) is 58.5 Å². The fourth-order valence-corrected chi connectivity index (χ4v) is 2.83. The summed E-state index contributed by atoms with van der Waals surface area (Å²) in [6.45, 7) is 0. The Bertz CT molecular complexity index is 644. The molecule has 2 heterocycles. The van der Waals surface area contributed by atoms with Gasteiger partial charge < -0.3 is 5.73 Å². The van der Waals surface area contributed by atoms with E-state index in [1.165, 1.54) is 4.88 Å². The second kappa shape index (κ2) is 4.84. The molecule has 0 radical (unpaired) electrons. The molecule has 4 heteroatoms. The van der Waals surface area contributed by atoms with Crippen molar-refractivity contribution < 1.29 is 0 Å². The summed E-state index contributed by atoms with van der Waals surface area (Å²) in [6.07, 6.45) is 4.26. The van der Waals surface area contributed by atoms with Crippen molar-refractivity contribution in [1.82, 2.24) is 9.97 Å². The van der Waals surface area contributed by atoms with Crippen LogP contribution in [-0.2, 0) is 6.42 Å². The summed E-state index contributed by atoms with van der Waals surface area (Å²) in [7, 11) is 0. The van der Waals surface area contributed by atoms with Gasteiger partial charge in [-0.2, -0.15) is 0 Å². The van der Waals surface area contributed by atoms with E-state index in [2.05, 4.69) is 27.5 Å². The maximum atomic E-state index is 6.29. The molecule has 1 atom stereocenters. The van der Waals surface area contributed by atoms with Gasteiger partial charge in [0.15, 0.2) is 0 Å². The highest BCUT2D eigenvalue weighted by Gasteiger charge is 2.12. The third-order valence-electron chi connectivity index (χ3n) is 2.93. The number of para-hydroxylation sites is 1. The molecule has 2 N–H and O–H groups in total. The first-order valence-corrected chi connectivity index (χ1v) is 6.70. The van der Waals surface area contributed by atoms with Gasteiger partial charge in [-0.15, -0.1) is 11.3 Å². The first-order valence-electron chi connectivity index (χ1n) is 5.82. The molecule has 1 aromatic carbocycles. The minimum atomic E-state index is -0.0379. The Labute approximate surface area is 109 Å². The maximum Gasteiger partial charge on any atom is 0.0934 e. The lowest BCUT2D eigenvalue weighted by atomic mass is 10.0. The highest BCUT2D eigenvalue weighted by molar-refractivity contribution is 7.09. The fourth-order valence-electron chi connectivity index (χ4n) is 2.07. The standard InChI is InChI=1S/C14H13N3S/c15-12(9-10-3-2-8-18-10)11-4-1-5-13-14(11)17-7-6-16-13/h1-8,12H,9,15H2. The maximum absolute atomic E-state index is 6.29. The van der Waals surface area contributed by atoms with Crippen LogP contribution in [0, 0.1) is 0 Å². The van der Waals surface area contributed by atoms with E-state index in [9.17, 15) is 0 Å². The summed E-state index contributed by atoms with van der Waals surface area (Å²) in [5.41, 5.74) is 9.16. The van der Waals surface area contributed by atoms with Crippen molar-refractivity contribution in [2.24, 2.45) is 5.73 Å². The van der Waals surface area contributed by atoms with Crippen LogP contribution in [0.5, 0.6) is 0 Å². The number of thiophene rings is 1. The summed E-state index contributed by atoms with van der Waals surface area (Å²) in [6, 6.07) is 10.1. The smallest absolute Gasteiger partial charge is 0.0934 e. The Balaban J connectivity index is 1.98. The second-order valence-corrected chi connectivity index (χ2v) is 5.19. The molecular weight excluding hydrogens is 242 g/mol. The summed E-state index contributed by atoms with van der Waals surface area (Å²) < 4.78 is 0. The Kier molecular flexibility index (Phi) is 3.04. The number of nitrogens with two attached hydrogens (primary N) is 1. The van der Waals surface area contributed by atoms with Crippen LogP contribution in [-0.4, -0.2) is 9.97 Å². The van der Waals surface area contributed by atoms with Gasteiger partial charge in [-0.1, -0.05) is 18.2 Å². The molecule has 0 saturated heterocycles. The highest BCUT2D eigenvalue weighted by Crippen LogP contribution is 2.24. The van der Waals surface area contributed by atoms with E-state index >= 15 is 0 Å². The fraction of sp³-hybridized carbons (Fsp3) is 0.143. The predicted octanol–water partition coefficient (Wildman–Crippen LogP) is 2.93. The van der Waals surface area contributed by atoms with Gasteiger partial charge in [0.05, 0.1) is 11.0 Å². The van der Waals surface area contributed by atoms with Gasteiger partial charge in [-0.05, 0) is 23.1 Å². The Morgan fingerprint density at radius 2 is 2.00 bits per heavy atom. The lowest BCUT2D eigenvalue weighted by molar-refractivity contribution is 0.734. The second-order valence-electron chi connectivity index (χ2n) is 4.16. The van der Waals surface area contributed by atoms with Gasteiger partial charge in [-0.3, -0.25) is 9.97 Å². The average molecular weight is 255 g/mol. The highest BCUT2D eigenvalue weighted by atomic mass is 32.1. The molecule has 3 nitrogen and oxygen atoms in total. The van der Waals surface area contributed by atoms with Gasteiger partial charge in [0.25, 0.3) is 0 Å². The zero-order valence-corrected chi connectivity index (χ0v) is 10.6. The van der Waals surface area contributed by atoms with Crippen LogP contribution >= 0.6 is 11.3 Å². The molecule has 0 fully saturated rings. The van der Waals surface area contributed by atoms with Gasteiger partial charge in [0.1, 0.15) is 0 Å². The zero-order chi connectivity index (χ0) is 12.4. The largest absolute Gasteiger partial charge is 0.324 e. The molecule has 0 aliphatic rings. The number of aromatic nitrogens is 2. The lowest BCUT2D eigenvalue weighted by Gasteiger charge is -2.12. The minimum absolute atomic E-state index is 0.0379. The number of nitrogens with zero attached hydrogens (tertiary/aromatic N) is 2. The predicted molar refractivity (Wildman–Crippen MR) is 74.5 cm³/mol. The van der Waals surface area contributed by atoms with Crippen LogP contribution in [0.25, 0.3) is 11.0 Å². The van der Waals surface area contributed by atoms with Crippen molar-refractivity contribution in [3.63, 3.8) is 0 Å². The third kappa shape index (κ3) is 2.12. The number of benzene rings is 1. The average Bonchev–Trinajstić information content (AvgIpc) is 2.91. The molecule has 0 amide bonds. The van der Waals surface area contributed by atoms with Crippen molar-refractivity contribution >= 4 is 22.4 Å². The van der Waals surface area contributed by atoms with Crippen LogP contribution in [0.1, 0.15) is 16.5 Å². The summed E-state index contributed by atoms with van der Waals surface area (Å²) in [5, 5.41) is 2.07. The first kappa shape index (κ1) is 11.3. The normalized spacial score (nSPS) is 12.7. The van der Waals surface area contributed by atoms with Crippen molar-refractivity contribution in [2.45, 2.75) is 12.5 Å². The molecular formula is C14H13N3S. The summed E-state index contributed by atoms with van der Waals surface area (Å²) in [4.78, 5) is 9.99. The van der Waals surface area contributed by atoms with Crippen LogP contribution in [0.3, 0.4) is 0 Å². The van der Waals surface area contributed by atoms with E-state index in [0.29, 0.717) is 0 Å². The number of hydrogen-bond donors (Lipinski definition) is 1. The Morgan fingerprint density at radius 3 is 2.83 bits per heavy atom. The molecule has 18 heavy (non-hydrogen) atoms. The molecule has 3 rings (SSSR count). The van der Waals surface area contributed by atoms with Crippen LogP contribution in [0.2, 0.25) is 0 Å². The van der Waals surface area contributed by atoms with Crippen LogP contribution in [0.4, 0.5) is 0 Å². The lowest BCUT2D eigenvalue weighted by Crippen LogP contribution is -2.13. The molecule has 3 aromatic rings. The first-order chi connectivity index (χ1) is 8.84. The van der Waals surface area contributed by atoms with E-state index < -0.39 is 0 Å². The van der Waals surface area contributed by atoms with Gasteiger partial charge in [0, 0.05) is 29.7 Å². The van der Waals surface area contributed by atoms with Crippen molar-refractivity contribution in [3.8, 4) is 0 Å². The number of hydrogen-bond acceptors (Lipinski definition) is 4. The Morgan fingerprint density at radius 1 is 1.11 bits per heavy atom. The number of fused-ring (bicyclic) bond motifs is 1. The SMILES string of the molecule is NC(Cc1cccs1)c1cccc2nccnc12. The quantitative estimate of drug-likeness (QED) is 0.783.